The van der Waals surface area contributed by atoms with Gasteiger partial charge in [-0.3, -0.25) is 14.8 Å². The fourth-order valence-electron chi connectivity index (χ4n) is 2.49. The van der Waals surface area contributed by atoms with E-state index in [1.807, 2.05) is 6.92 Å². The molecule has 1 N–H and O–H groups in total. The molecule has 104 valence electrons. The first-order valence-corrected chi connectivity index (χ1v) is 6.58. The smallest absolute Gasteiger partial charge is 0.256 e. The Morgan fingerprint density at radius 2 is 2.20 bits per heavy atom. The molecular weight excluding hydrogens is 259 g/mol. The number of amides is 1. The predicted molar refractivity (Wildman–Crippen MR) is 72.9 cm³/mol. The number of carbonyl (C=O) groups excluding carboxylic acids is 1. The Morgan fingerprint density at radius 3 is 3.00 bits per heavy atom. The highest BCUT2D eigenvalue weighted by molar-refractivity contribution is 6.04. The lowest BCUT2D eigenvalue weighted by Gasteiger charge is -2.32. The van der Waals surface area contributed by atoms with Crippen LogP contribution >= 0.6 is 0 Å². The van der Waals surface area contributed by atoms with Gasteiger partial charge in [0.2, 0.25) is 0 Å². The summed E-state index contributed by atoms with van der Waals surface area (Å²) >= 11 is 0. The number of halogens is 1. The number of nitrogens with zero attached hydrogens (tertiary/aromatic N) is 3. The van der Waals surface area contributed by atoms with Crippen LogP contribution in [-0.2, 0) is 0 Å². The number of piperazine rings is 1. The molecular formula is C14H15FN4O. The number of hydrogen-bond donors (Lipinski definition) is 1. The Hall–Kier alpha value is -2.08. The molecule has 0 spiro atoms. The summed E-state index contributed by atoms with van der Waals surface area (Å²) in [5.41, 5.74) is 1.13. The second-order valence-electron chi connectivity index (χ2n) is 4.98. The van der Waals surface area contributed by atoms with Crippen molar-refractivity contribution in [2.45, 2.75) is 13.0 Å². The molecule has 0 aliphatic carbocycles. The van der Waals surface area contributed by atoms with E-state index >= 15 is 0 Å². The summed E-state index contributed by atoms with van der Waals surface area (Å²) in [5.74, 6) is -0.659. The average Bonchev–Trinajstić information content (AvgIpc) is 2.45. The average molecular weight is 274 g/mol. The van der Waals surface area contributed by atoms with Gasteiger partial charge in [0.05, 0.1) is 11.1 Å². The fourth-order valence-corrected chi connectivity index (χ4v) is 2.49. The highest BCUT2D eigenvalue weighted by atomic mass is 19.1. The maximum atomic E-state index is 13.7. The molecule has 1 aromatic carbocycles. The highest BCUT2D eigenvalue weighted by Crippen LogP contribution is 2.19. The molecule has 2 heterocycles. The first-order valence-electron chi connectivity index (χ1n) is 6.58. The van der Waals surface area contributed by atoms with Gasteiger partial charge in [0, 0.05) is 44.1 Å². The van der Waals surface area contributed by atoms with Gasteiger partial charge in [0.15, 0.2) is 0 Å². The molecule has 1 fully saturated rings. The number of rotatable bonds is 1. The fraction of sp³-hybridized carbons (Fsp3) is 0.357. The third-order valence-electron chi connectivity index (χ3n) is 3.42. The zero-order valence-corrected chi connectivity index (χ0v) is 11.1. The van der Waals surface area contributed by atoms with Crippen LogP contribution in [-0.4, -0.2) is 46.5 Å². The van der Waals surface area contributed by atoms with Crippen LogP contribution in [0.5, 0.6) is 0 Å². The molecule has 1 atom stereocenters. The van der Waals surface area contributed by atoms with Gasteiger partial charge in [-0.15, -0.1) is 0 Å². The van der Waals surface area contributed by atoms with Crippen LogP contribution in [0, 0.1) is 5.82 Å². The Morgan fingerprint density at radius 1 is 1.40 bits per heavy atom. The van der Waals surface area contributed by atoms with Crippen molar-refractivity contribution in [1.29, 1.82) is 0 Å². The zero-order chi connectivity index (χ0) is 14.1. The summed E-state index contributed by atoms with van der Waals surface area (Å²) in [6.45, 7) is 3.98. The van der Waals surface area contributed by atoms with Gasteiger partial charge in [-0.1, -0.05) is 0 Å². The number of fused-ring (bicyclic) bond motifs is 1. The minimum atomic E-state index is -0.468. The molecule has 3 rings (SSSR count). The van der Waals surface area contributed by atoms with E-state index in [0.717, 1.165) is 6.54 Å². The Labute approximate surface area is 115 Å². The number of benzene rings is 1. The molecule has 1 aromatic heterocycles. The molecule has 0 saturated carbocycles. The normalized spacial score (nSPS) is 19.3. The Kier molecular flexibility index (Phi) is 3.31. The van der Waals surface area contributed by atoms with E-state index < -0.39 is 5.82 Å². The topological polar surface area (TPSA) is 58.1 Å². The molecule has 1 saturated heterocycles. The van der Waals surface area contributed by atoms with Gasteiger partial charge in [-0.05, 0) is 13.0 Å². The number of carbonyl (C=O) groups is 1. The Bertz CT molecular complexity index is 661. The second kappa shape index (κ2) is 5.13. The molecule has 1 aliphatic rings. The van der Waals surface area contributed by atoms with Crippen molar-refractivity contribution >= 4 is 16.9 Å². The summed E-state index contributed by atoms with van der Waals surface area (Å²) in [6.07, 6.45) is 3.00. The van der Waals surface area contributed by atoms with Crippen LogP contribution in [0.2, 0.25) is 0 Å². The van der Waals surface area contributed by atoms with Gasteiger partial charge in [0.25, 0.3) is 5.91 Å². The predicted octanol–water partition coefficient (Wildman–Crippen LogP) is 1.20. The van der Waals surface area contributed by atoms with Gasteiger partial charge in [-0.25, -0.2) is 4.39 Å². The van der Waals surface area contributed by atoms with Gasteiger partial charge >= 0.3 is 0 Å². The van der Waals surface area contributed by atoms with Gasteiger partial charge < -0.3 is 10.2 Å². The van der Waals surface area contributed by atoms with E-state index in [0.29, 0.717) is 24.1 Å². The highest BCUT2D eigenvalue weighted by Gasteiger charge is 2.24. The second-order valence-corrected chi connectivity index (χ2v) is 4.98. The maximum Gasteiger partial charge on any atom is 0.256 e. The molecule has 2 aromatic rings. The number of nitrogens with one attached hydrogen (secondary N) is 1. The van der Waals surface area contributed by atoms with Crippen LogP contribution < -0.4 is 5.32 Å². The molecule has 5 nitrogen and oxygen atoms in total. The first kappa shape index (κ1) is 12.9. The lowest BCUT2D eigenvalue weighted by molar-refractivity contribution is 0.0710. The van der Waals surface area contributed by atoms with E-state index in [1.54, 1.807) is 4.90 Å². The van der Waals surface area contributed by atoms with E-state index in [2.05, 4.69) is 15.3 Å². The summed E-state index contributed by atoms with van der Waals surface area (Å²) in [4.78, 5) is 22.5. The molecule has 0 unspecified atom stereocenters. The number of hydrogen-bond acceptors (Lipinski definition) is 4. The van der Waals surface area contributed by atoms with Crippen LogP contribution in [0.4, 0.5) is 4.39 Å². The maximum absolute atomic E-state index is 13.7. The largest absolute Gasteiger partial charge is 0.336 e. The number of aromatic nitrogens is 2. The van der Waals surface area contributed by atoms with E-state index in [-0.39, 0.29) is 17.5 Å². The van der Waals surface area contributed by atoms with Crippen molar-refractivity contribution in [3.05, 3.63) is 35.9 Å². The van der Waals surface area contributed by atoms with Gasteiger partial charge in [0.1, 0.15) is 11.3 Å². The third kappa shape index (κ3) is 2.34. The monoisotopic (exact) mass is 274 g/mol. The molecule has 0 radical (unpaired) electrons. The van der Waals surface area contributed by atoms with Gasteiger partial charge in [-0.2, -0.15) is 0 Å². The summed E-state index contributed by atoms with van der Waals surface area (Å²) in [7, 11) is 0. The zero-order valence-electron chi connectivity index (χ0n) is 11.1. The minimum Gasteiger partial charge on any atom is -0.336 e. The van der Waals surface area contributed by atoms with Crippen LogP contribution in [0.25, 0.3) is 11.0 Å². The molecule has 0 bridgehead atoms. The van der Waals surface area contributed by atoms with Crippen molar-refractivity contribution in [1.82, 2.24) is 20.2 Å². The standard InChI is InChI=1S/C14H15FN4O/c1-9-8-19(5-4-16-9)14(20)11-6-10(15)7-12-13(11)18-3-2-17-12/h2-3,6-7,9,16H,4-5,8H2,1H3/t9-/m1/s1. The van der Waals surface area contributed by atoms with Crippen molar-refractivity contribution in [3.8, 4) is 0 Å². The molecule has 6 heteroatoms. The minimum absolute atomic E-state index is 0.191. The Balaban J connectivity index is 2.02. The lowest BCUT2D eigenvalue weighted by atomic mass is 10.1. The quantitative estimate of drug-likeness (QED) is 0.849. The molecule has 1 amide bonds. The van der Waals surface area contributed by atoms with Crippen molar-refractivity contribution in [3.63, 3.8) is 0 Å². The van der Waals surface area contributed by atoms with Crippen molar-refractivity contribution < 1.29 is 9.18 Å². The van der Waals surface area contributed by atoms with E-state index in [4.69, 9.17) is 0 Å². The molecule has 1 aliphatic heterocycles. The van der Waals surface area contributed by atoms with E-state index in [9.17, 15) is 9.18 Å². The summed E-state index contributed by atoms with van der Waals surface area (Å²) < 4.78 is 13.7. The third-order valence-corrected chi connectivity index (χ3v) is 3.42. The van der Waals surface area contributed by atoms with Crippen LogP contribution in [0.3, 0.4) is 0 Å². The molecule has 20 heavy (non-hydrogen) atoms. The van der Waals surface area contributed by atoms with Crippen molar-refractivity contribution in [2.24, 2.45) is 0 Å². The lowest BCUT2D eigenvalue weighted by Crippen LogP contribution is -2.51. The first-order chi connectivity index (χ1) is 9.65. The van der Waals surface area contributed by atoms with Crippen LogP contribution in [0.15, 0.2) is 24.5 Å². The summed E-state index contributed by atoms with van der Waals surface area (Å²) in [5, 5.41) is 3.27. The van der Waals surface area contributed by atoms with E-state index in [1.165, 1.54) is 24.5 Å². The van der Waals surface area contributed by atoms with Crippen molar-refractivity contribution in [2.75, 3.05) is 19.6 Å². The SMILES string of the molecule is C[C@@H]1CN(C(=O)c2cc(F)cc3nccnc23)CCN1. The summed E-state index contributed by atoms with van der Waals surface area (Å²) in [6, 6.07) is 2.77. The van der Waals surface area contributed by atoms with Crippen LogP contribution in [0.1, 0.15) is 17.3 Å².